The van der Waals surface area contributed by atoms with Crippen LogP contribution in [0.1, 0.15) is 18.1 Å². The van der Waals surface area contributed by atoms with Crippen LogP contribution in [0.4, 0.5) is 0 Å². The number of nitrogens with zero attached hydrogens (tertiary/aromatic N) is 2. The number of hydrogen-bond donors (Lipinski definition) is 1. The molecule has 0 saturated carbocycles. The summed E-state index contributed by atoms with van der Waals surface area (Å²) < 4.78 is 5.30. The van der Waals surface area contributed by atoms with Crippen LogP contribution in [0, 0.1) is 5.41 Å². The smallest absolute Gasteiger partial charge is 0.193 e. The van der Waals surface area contributed by atoms with Crippen molar-refractivity contribution in [3.8, 4) is 0 Å². The minimum Gasteiger partial charge on any atom is -0.380 e. The molecular weight excluding hydrogens is 377 g/mol. The van der Waals surface area contributed by atoms with Crippen LogP contribution in [0.25, 0.3) is 0 Å². The van der Waals surface area contributed by atoms with Crippen molar-refractivity contribution in [1.29, 1.82) is 0 Å². The highest BCUT2D eigenvalue weighted by Gasteiger charge is 2.33. The van der Waals surface area contributed by atoms with E-state index in [-0.39, 0.29) is 29.4 Å². The minimum atomic E-state index is 0. The first-order chi connectivity index (χ1) is 9.70. The number of fused-ring (bicyclic) bond motifs is 1. The summed E-state index contributed by atoms with van der Waals surface area (Å²) >= 11 is 0. The van der Waals surface area contributed by atoms with Crippen molar-refractivity contribution in [1.82, 2.24) is 10.2 Å². The molecule has 0 unspecified atom stereocenters. The molecule has 1 saturated heterocycles. The van der Waals surface area contributed by atoms with Crippen LogP contribution in [0.5, 0.6) is 0 Å². The van der Waals surface area contributed by atoms with Crippen molar-refractivity contribution in [3.63, 3.8) is 0 Å². The molecule has 1 N–H and O–H groups in total. The van der Waals surface area contributed by atoms with Gasteiger partial charge in [-0.3, -0.25) is 4.99 Å². The van der Waals surface area contributed by atoms with Crippen molar-refractivity contribution in [3.05, 3.63) is 35.4 Å². The van der Waals surface area contributed by atoms with Gasteiger partial charge in [0.1, 0.15) is 0 Å². The van der Waals surface area contributed by atoms with Crippen molar-refractivity contribution in [2.24, 2.45) is 10.4 Å². The molecule has 21 heavy (non-hydrogen) atoms. The van der Waals surface area contributed by atoms with Crippen molar-refractivity contribution in [2.45, 2.75) is 19.9 Å². The number of benzene rings is 1. The van der Waals surface area contributed by atoms with Crippen LogP contribution in [0.15, 0.2) is 29.3 Å². The van der Waals surface area contributed by atoms with Gasteiger partial charge in [0.25, 0.3) is 0 Å². The Hall–Kier alpha value is -0.820. The number of nitrogens with one attached hydrogen (secondary N) is 1. The largest absolute Gasteiger partial charge is 0.380 e. The van der Waals surface area contributed by atoms with Gasteiger partial charge in [-0.05, 0) is 17.5 Å². The van der Waals surface area contributed by atoms with Crippen LogP contribution >= 0.6 is 24.0 Å². The van der Waals surface area contributed by atoms with E-state index < -0.39 is 0 Å². The predicted molar refractivity (Wildman–Crippen MR) is 96.3 cm³/mol. The highest BCUT2D eigenvalue weighted by molar-refractivity contribution is 14.0. The Bertz CT molecular complexity index is 514. The molecule has 3 rings (SSSR count). The maximum atomic E-state index is 5.30. The van der Waals surface area contributed by atoms with Gasteiger partial charge in [0.2, 0.25) is 0 Å². The molecule has 0 radical (unpaired) electrons. The molecule has 1 fully saturated rings. The molecule has 0 bridgehead atoms. The summed E-state index contributed by atoms with van der Waals surface area (Å²) in [5.74, 6) is 1.01. The molecule has 0 aliphatic carbocycles. The number of rotatable bonds is 2. The molecule has 0 atom stereocenters. The zero-order valence-electron chi connectivity index (χ0n) is 12.8. The topological polar surface area (TPSA) is 36.9 Å². The SMILES string of the molecule is CN=C(NCC1(C)COC1)N1CCc2ccccc2C1.I. The quantitative estimate of drug-likeness (QED) is 0.470. The second-order valence-electron chi connectivity index (χ2n) is 6.14. The summed E-state index contributed by atoms with van der Waals surface area (Å²) in [7, 11) is 1.86. The van der Waals surface area contributed by atoms with E-state index in [2.05, 4.69) is 46.4 Å². The number of guanidine groups is 1. The van der Waals surface area contributed by atoms with E-state index in [1.807, 2.05) is 7.05 Å². The van der Waals surface area contributed by atoms with Gasteiger partial charge in [-0.1, -0.05) is 31.2 Å². The Morgan fingerprint density at radius 2 is 2.05 bits per heavy atom. The molecule has 1 aromatic carbocycles. The first-order valence-electron chi connectivity index (χ1n) is 7.30. The molecule has 1 aromatic rings. The van der Waals surface area contributed by atoms with E-state index in [4.69, 9.17) is 4.74 Å². The Balaban J connectivity index is 0.00000161. The first-order valence-corrected chi connectivity index (χ1v) is 7.30. The molecular formula is C16H24IN3O. The highest BCUT2D eigenvalue weighted by atomic mass is 127. The Labute approximate surface area is 144 Å². The highest BCUT2D eigenvalue weighted by Crippen LogP contribution is 2.25. The summed E-state index contributed by atoms with van der Waals surface area (Å²) in [4.78, 5) is 6.78. The fraction of sp³-hybridized carbons (Fsp3) is 0.562. The molecule has 0 amide bonds. The average Bonchev–Trinajstić information content (AvgIpc) is 2.46. The summed E-state index contributed by atoms with van der Waals surface area (Å²) in [5, 5.41) is 3.51. The van der Waals surface area contributed by atoms with Gasteiger partial charge < -0.3 is 15.0 Å². The molecule has 2 aliphatic heterocycles. The standard InChI is InChI=1S/C16H23N3O.HI/c1-16(11-20-12-16)10-18-15(17-2)19-8-7-13-5-3-4-6-14(13)9-19;/h3-6H,7-12H2,1-2H3,(H,17,18);1H. The molecule has 2 heterocycles. The predicted octanol–water partition coefficient (Wildman–Crippen LogP) is 2.27. The second kappa shape index (κ2) is 6.96. The molecule has 5 heteroatoms. The summed E-state index contributed by atoms with van der Waals surface area (Å²) in [6.45, 7) is 6.85. The Morgan fingerprint density at radius 3 is 2.67 bits per heavy atom. The van der Waals surface area contributed by atoms with E-state index in [1.165, 1.54) is 11.1 Å². The van der Waals surface area contributed by atoms with E-state index in [1.54, 1.807) is 0 Å². The van der Waals surface area contributed by atoms with E-state index in [0.29, 0.717) is 0 Å². The monoisotopic (exact) mass is 401 g/mol. The van der Waals surface area contributed by atoms with Gasteiger partial charge >= 0.3 is 0 Å². The van der Waals surface area contributed by atoms with E-state index in [9.17, 15) is 0 Å². The van der Waals surface area contributed by atoms with E-state index in [0.717, 1.165) is 45.2 Å². The maximum absolute atomic E-state index is 5.30. The average molecular weight is 401 g/mol. The lowest BCUT2D eigenvalue weighted by Gasteiger charge is -2.40. The van der Waals surface area contributed by atoms with Crippen molar-refractivity contribution >= 4 is 29.9 Å². The van der Waals surface area contributed by atoms with Crippen LogP contribution < -0.4 is 5.32 Å². The van der Waals surface area contributed by atoms with Crippen molar-refractivity contribution < 1.29 is 4.74 Å². The lowest BCUT2D eigenvalue weighted by molar-refractivity contribution is -0.0973. The van der Waals surface area contributed by atoms with Crippen LogP contribution in [0.2, 0.25) is 0 Å². The second-order valence-corrected chi connectivity index (χ2v) is 6.14. The third kappa shape index (κ3) is 3.69. The summed E-state index contributed by atoms with van der Waals surface area (Å²) in [6, 6.07) is 8.69. The lowest BCUT2D eigenvalue weighted by atomic mass is 9.89. The third-order valence-electron chi connectivity index (χ3n) is 4.22. The molecule has 0 aromatic heterocycles. The fourth-order valence-corrected chi connectivity index (χ4v) is 2.85. The van der Waals surface area contributed by atoms with Gasteiger partial charge in [0.05, 0.1) is 13.2 Å². The maximum Gasteiger partial charge on any atom is 0.193 e. The van der Waals surface area contributed by atoms with E-state index >= 15 is 0 Å². The number of aliphatic imine (C=N–C) groups is 1. The van der Waals surface area contributed by atoms with Gasteiger partial charge in [0, 0.05) is 32.1 Å². The first kappa shape index (κ1) is 16.5. The number of halogens is 1. The van der Waals surface area contributed by atoms with Gasteiger partial charge in [-0.15, -0.1) is 24.0 Å². The molecule has 0 spiro atoms. The summed E-state index contributed by atoms with van der Waals surface area (Å²) in [6.07, 6.45) is 1.09. The van der Waals surface area contributed by atoms with Crippen LogP contribution in [-0.4, -0.2) is 44.2 Å². The van der Waals surface area contributed by atoms with Gasteiger partial charge in [0.15, 0.2) is 5.96 Å². The Morgan fingerprint density at radius 1 is 1.33 bits per heavy atom. The number of hydrogen-bond acceptors (Lipinski definition) is 2. The molecule has 2 aliphatic rings. The van der Waals surface area contributed by atoms with Crippen molar-refractivity contribution in [2.75, 3.05) is 33.4 Å². The lowest BCUT2D eigenvalue weighted by Crippen LogP contribution is -2.52. The zero-order chi connectivity index (χ0) is 14.0. The summed E-state index contributed by atoms with van der Waals surface area (Å²) in [5.41, 5.74) is 3.15. The minimum absolute atomic E-state index is 0. The number of ether oxygens (including phenoxy) is 1. The van der Waals surface area contributed by atoms with Crippen LogP contribution in [-0.2, 0) is 17.7 Å². The normalized spacial score (nSPS) is 20.1. The Kier molecular flexibility index (Phi) is 5.48. The molecule has 116 valence electrons. The molecule has 4 nitrogen and oxygen atoms in total. The van der Waals surface area contributed by atoms with Gasteiger partial charge in [-0.25, -0.2) is 0 Å². The zero-order valence-corrected chi connectivity index (χ0v) is 15.1. The third-order valence-corrected chi connectivity index (χ3v) is 4.22. The fourth-order valence-electron chi connectivity index (χ4n) is 2.85. The van der Waals surface area contributed by atoms with Crippen LogP contribution in [0.3, 0.4) is 0 Å². The van der Waals surface area contributed by atoms with Gasteiger partial charge in [-0.2, -0.15) is 0 Å².